The smallest absolute Gasteiger partial charge is 0.225 e. The molecule has 7 heteroatoms. The van der Waals surface area contributed by atoms with E-state index in [2.05, 4.69) is 9.97 Å². The Morgan fingerprint density at radius 3 is 2.35 bits per heavy atom. The molecule has 1 aromatic heterocycles. The zero-order chi connectivity index (χ0) is 12.9. The summed E-state index contributed by atoms with van der Waals surface area (Å²) < 4.78 is 25.8. The molecule has 5 nitrogen and oxygen atoms in total. The summed E-state index contributed by atoms with van der Waals surface area (Å²) in [7, 11) is -3.49. The molecule has 0 fully saturated rings. The van der Waals surface area contributed by atoms with E-state index in [0.29, 0.717) is 13.1 Å². The molecule has 0 spiro atoms. The van der Waals surface area contributed by atoms with E-state index in [1.165, 1.54) is 16.7 Å². The van der Waals surface area contributed by atoms with Crippen molar-refractivity contribution in [2.45, 2.75) is 31.6 Å². The van der Waals surface area contributed by atoms with Gasteiger partial charge >= 0.3 is 0 Å². The van der Waals surface area contributed by atoms with Gasteiger partial charge in [-0.25, -0.2) is 18.4 Å². The van der Waals surface area contributed by atoms with Gasteiger partial charge in [0.2, 0.25) is 15.3 Å². The maximum absolute atomic E-state index is 12.2. The van der Waals surface area contributed by atoms with Gasteiger partial charge in [0.1, 0.15) is 4.90 Å². The van der Waals surface area contributed by atoms with Gasteiger partial charge in [-0.05, 0) is 18.0 Å². The van der Waals surface area contributed by atoms with Gasteiger partial charge in [0.05, 0.1) is 12.4 Å². The van der Waals surface area contributed by atoms with Crippen LogP contribution in [0.1, 0.15) is 26.7 Å². The molecule has 0 unspecified atom stereocenters. The van der Waals surface area contributed by atoms with E-state index in [-0.39, 0.29) is 10.2 Å². The SMILES string of the molecule is CCCCN(CC)S(=O)(=O)c1cnc(Cl)nc1. The van der Waals surface area contributed by atoms with Crippen molar-refractivity contribution in [3.8, 4) is 0 Å². The van der Waals surface area contributed by atoms with Crippen LogP contribution < -0.4 is 0 Å². The Kier molecular flexibility index (Phi) is 5.30. The van der Waals surface area contributed by atoms with Crippen molar-refractivity contribution in [2.75, 3.05) is 13.1 Å². The van der Waals surface area contributed by atoms with Gasteiger partial charge < -0.3 is 0 Å². The van der Waals surface area contributed by atoms with Crippen LogP contribution in [0.4, 0.5) is 0 Å². The summed E-state index contributed by atoms with van der Waals surface area (Å²) >= 11 is 5.53. The van der Waals surface area contributed by atoms with Crippen molar-refractivity contribution < 1.29 is 8.42 Å². The monoisotopic (exact) mass is 277 g/mol. The van der Waals surface area contributed by atoms with Crippen LogP contribution in [-0.4, -0.2) is 35.8 Å². The second-order valence-electron chi connectivity index (χ2n) is 3.54. The first-order valence-corrected chi connectivity index (χ1v) is 7.31. The molecule has 0 saturated heterocycles. The Labute approximate surface area is 107 Å². The van der Waals surface area contributed by atoms with E-state index in [1.807, 2.05) is 13.8 Å². The van der Waals surface area contributed by atoms with Crippen LogP contribution in [0.2, 0.25) is 5.28 Å². The van der Waals surface area contributed by atoms with Gasteiger partial charge in [0.15, 0.2) is 0 Å². The lowest BCUT2D eigenvalue weighted by molar-refractivity contribution is 0.418. The van der Waals surface area contributed by atoms with Crippen molar-refractivity contribution in [1.29, 1.82) is 0 Å². The van der Waals surface area contributed by atoms with Gasteiger partial charge in [-0.15, -0.1) is 0 Å². The molecule has 0 aliphatic heterocycles. The Balaban J connectivity index is 2.95. The highest BCUT2D eigenvalue weighted by Crippen LogP contribution is 2.15. The topological polar surface area (TPSA) is 63.2 Å². The maximum Gasteiger partial charge on any atom is 0.246 e. The molecule has 0 N–H and O–H groups in total. The fourth-order valence-electron chi connectivity index (χ4n) is 1.37. The van der Waals surface area contributed by atoms with Crippen molar-refractivity contribution in [3.05, 3.63) is 17.7 Å². The summed E-state index contributed by atoms with van der Waals surface area (Å²) in [4.78, 5) is 7.46. The number of hydrogen-bond donors (Lipinski definition) is 0. The molecule has 1 heterocycles. The average molecular weight is 278 g/mol. The van der Waals surface area contributed by atoms with Crippen LogP contribution >= 0.6 is 11.6 Å². The van der Waals surface area contributed by atoms with Crippen LogP contribution in [0.5, 0.6) is 0 Å². The van der Waals surface area contributed by atoms with Crippen LogP contribution in [0.15, 0.2) is 17.3 Å². The fourth-order valence-corrected chi connectivity index (χ4v) is 2.84. The van der Waals surface area contributed by atoms with E-state index in [4.69, 9.17) is 11.6 Å². The molecule has 0 aliphatic rings. The van der Waals surface area contributed by atoms with E-state index in [1.54, 1.807) is 0 Å². The van der Waals surface area contributed by atoms with Gasteiger partial charge in [0.25, 0.3) is 0 Å². The van der Waals surface area contributed by atoms with Gasteiger partial charge in [0, 0.05) is 13.1 Å². The van der Waals surface area contributed by atoms with Crippen molar-refractivity contribution in [1.82, 2.24) is 14.3 Å². The number of sulfonamides is 1. The minimum absolute atomic E-state index is 0.0422. The van der Waals surface area contributed by atoms with E-state index in [9.17, 15) is 8.42 Å². The van der Waals surface area contributed by atoms with Crippen LogP contribution in [-0.2, 0) is 10.0 Å². The van der Waals surface area contributed by atoms with E-state index >= 15 is 0 Å². The van der Waals surface area contributed by atoms with Gasteiger partial charge in [-0.1, -0.05) is 20.3 Å². The molecule has 0 amide bonds. The lowest BCUT2D eigenvalue weighted by Crippen LogP contribution is -2.32. The van der Waals surface area contributed by atoms with E-state index < -0.39 is 10.0 Å². The summed E-state index contributed by atoms with van der Waals surface area (Å²) in [6.07, 6.45) is 4.25. The summed E-state index contributed by atoms with van der Waals surface area (Å²) in [6.45, 7) is 4.78. The molecule has 96 valence electrons. The second-order valence-corrected chi connectivity index (χ2v) is 5.81. The average Bonchev–Trinajstić information content (AvgIpc) is 2.30. The molecule has 1 aromatic rings. The van der Waals surface area contributed by atoms with Gasteiger partial charge in [-0.3, -0.25) is 0 Å². The highest BCUT2D eigenvalue weighted by molar-refractivity contribution is 7.89. The standard InChI is InChI=1S/C10H16ClN3O2S/c1-3-5-6-14(4-2)17(15,16)9-7-12-10(11)13-8-9/h7-8H,3-6H2,1-2H3. The van der Waals surface area contributed by atoms with E-state index in [0.717, 1.165) is 12.8 Å². The highest BCUT2D eigenvalue weighted by atomic mass is 35.5. The normalized spacial score (nSPS) is 12.0. The third kappa shape index (κ3) is 3.62. The number of rotatable bonds is 6. The Morgan fingerprint density at radius 1 is 1.29 bits per heavy atom. The number of aromatic nitrogens is 2. The Morgan fingerprint density at radius 2 is 1.88 bits per heavy atom. The quantitative estimate of drug-likeness (QED) is 0.746. The Hall–Kier alpha value is -0.720. The summed E-state index contributed by atoms with van der Waals surface area (Å²) in [5, 5.41) is 0.0422. The molecule has 0 saturated carbocycles. The van der Waals surface area contributed by atoms with Crippen LogP contribution in [0.3, 0.4) is 0 Å². The van der Waals surface area contributed by atoms with Crippen LogP contribution in [0, 0.1) is 0 Å². The maximum atomic E-state index is 12.2. The fraction of sp³-hybridized carbons (Fsp3) is 0.600. The second kappa shape index (κ2) is 6.28. The molecular formula is C10H16ClN3O2S. The summed E-state index contributed by atoms with van der Waals surface area (Å²) in [5.74, 6) is 0. The largest absolute Gasteiger partial charge is 0.246 e. The minimum atomic E-state index is -3.49. The number of hydrogen-bond acceptors (Lipinski definition) is 4. The number of nitrogens with zero attached hydrogens (tertiary/aromatic N) is 3. The molecule has 0 bridgehead atoms. The zero-order valence-electron chi connectivity index (χ0n) is 9.93. The van der Waals surface area contributed by atoms with Crippen LogP contribution in [0.25, 0.3) is 0 Å². The lowest BCUT2D eigenvalue weighted by atomic mass is 10.3. The molecular weight excluding hydrogens is 262 g/mol. The molecule has 0 aromatic carbocycles. The zero-order valence-corrected chi connectivity index (χ0v) is 11.5. The molecule has 0 aliphatic carbocycles. The first kappa shape index (κ1) is 14.3. The molecule has 1 rings (SSSR count). The number of halogens is 1. The first-order chi connectivity index (χ1) is 8.02. The van der Waals surface area contributed by atoms with Crippen molar-refractivity contribution >= 4 is 21.6 Å². The molecule has 17 heavy (non-hydrogen) atoms. The third-order valence-electron chi connectivity index (χ3n) is 2.35. The molecule has 0 atom stereocenters. The predicted molar refractivity (Wildman–Crippen MR) is 66.4 cm³/mol. The van der Waals surface area contributed by atoms with Gasteiger partial charge in [-0.2, -0.15) is 4.31 Å². The summed E-state index contributed by atoms with van der Waals surface area (Å²) in [5.41, 5.74) is 0. The minimum Gasteiger partial charge on any atom is -0.225 e. The summed E-state index contributed by atoms with van der Waals surface area (Å²) in [6, 6.07) is 0. The van der Waals surface area contributed by atoms with Crippen molar-refractivity contribution in [2.24, 2.45) is 0 Å². The third-order valence-corrected chi connectivity index (χ3v) is 4.47. The lowest BCUT2D eigenvalue weighted by Gasteiger charge is -2.19. The Bertz CT molecular complexity index is 447. The number of unbranched alkanes of at least 4 members (excludes halogenated alkanes) is 1. The highest BCUT2D eigenvalue weighted by Gasteiger charge is 2.23. The first-order valence-electron chi connectivity index (χ1n) is 5.50. The molecule has 0 radical (unpaired) electrons. The van der Waals surface area contributed by atoms with Crippen molar-refractivity contribution in [3.63, 3.8) is 0 Å². The predicted octanol–water partition coefficient (Wildman–Crippen LogP) is 1.94.